The number of hydrogen-bond donors (Lipinski definition) is 6. The molecule has 29 heteroatoms. The van der Waals surface area contributed by atoms with E-state index in [1.165, 1.54) is 141 Å². The Morgan fingerprint density at radius 3 is 0.861 bits per heavy atom. The van der Waals surface area contributed by atoms with Crippen molar-refractivity contribution >= 4 is 53.7 Å². The molecule has 0 radical (unpaired) electrons. The Balaban J connectivity index is -0.00000919. The van der Waals surface area contributed by atoms with E-state index in [1.54, 1.807) is 0 Å². The number of unbranched alkanes of at least 4 members (excludes halogenated alkanes) is 42. The van der Waals surface area contributed by atoms with Crippen LogP contribution in [0.5, 0.6) is 0 Å². The van der Waals surface area contributed by atoms with Crippen LogP contribution in [0.2, 0.25) is 0 Å². The molecule has 0 spiro atoms. The van der Waals surface area contributed by atoms with Crippen LogP contribution in [0.3, 0.4) is 0 Å². The standard InChI is InChI=1S/C79H160N4O19P2S2.2Na.2H/c1-7-13-19-25-29-33-37-41-47-53-67-105(91,92)82-73(69-95-63-59-75(55-49-43-23-17-11-5)101-77(84)57-51-45-39-35-31-27-21-15-9-3)71-99-103(87,88)97-65-61-80-79(86)81-62-66-98-104(89,90)100-72-74(83-106(93,94)68-54-48-42-38-34-30-26-20-14-8-2)70-96-64-60-76(56-50-44-24-18-12-6)102-78(85)58-52-46-40-36-32-28-22-16-10-4;;;;/h73-76,82-83H,7-72H2,1-6H3,(H,87,88)(H,89,90)(H2,80,81,86);;;;/q;2*+1;2*-1/t73-,74-,75-,76-;;;;/m1..../s1. The Hall–Kier alpha value is 0.170. The van der Waals surface area contributed by atoms with Gasteiger partial charge in [0.05, 0.1) is 76.4 Å². The summed E-state index contributed by atoms with van der Waals surface area (Å²) in [5.74, 6) is -0.778. The van der Waals surface area contributed by atoms with Crippen LogP contribution < -0.4 is 79.2 Å². The number of nitrogens with one attached hydrogen (secondary N) is 4. The molecular weight excluding hydrogens is 1480 g/mol. The van der Waals surface area contributed by atoms with E-state index in [9.17, 15) is 50.1 Å². The molecule has 0 saturated heterocycles. The summed E-state index contributed by atoms with van der Waals surface area (Å²) in [6, 6.07) is -2.95. The van der Waals surface area contributed by atoms with Gasteiger partial charge in [-0.3, -0.25) is 27.7 Å². The molecule has 2 unspecified atom stereocenters. The van der Waals surface area contributed by atoms with Gasteiger partial charge in [-0.25, -0.2) is 40.2 Å². The number of hydrogen-bond acceptors (Lipinski definition) is 17. The molecular formula is C79H162N4Na2O19P2S2. The summed E-state index contributed by atoms with van der Waals surface area (Å²) < 4.78 is 130. The first kappa shape index (κ1) is 112. The Bertz CT molecular complexity index is 2230. The fourth-order valence-corrected chi connectivity index (χ4v) is 16.8. The smallest absolute Gasteiger partial charge is 1.00 e. The molecule has 0 aromatic heterocycles. The quantitative estimate of drug-likeness (QED) is 0.0143. The minimum absolute atomic E-state index is 0. The number of esters is 2. The van der Waals surface area contributed by atoms with E-state index in [-0.39, 0.29) is 137 Å². The van der Waals surface area contributed by atoms with Gasteiger partial charge >= 0.3 is 92.7 Å². The Kier molecular flexibility index (Phi) is 82.8. The fourth-order valence-electron chi connectivity index (χ4n) is 12.6. The summed E-state index contributed by atoms with van der Waals surface area (Å²) in [6.07, 6.45) is 53.5. The number of phosphoric ester groups is 2. The van der Waals surface area contributed by atoms with E-state index < -0.39 is 80.2 Å². The van der Waals surface area contributed by atoms with Crippen molar-refractivity contribution in [3.05, 3.63) is 0 Å². The SMILES string of the molecule is CCCCCCCCCCCCS(=O)(=O)N[C@H](COCC[C@@H](CCCCCCC)OC(=O)CCCCCCCCCCC)COP(=O)(O)OCCNC(=O)NCCOP(=O)(O)OC[C@@H](COCC[C@@H](CCCCCCC)OC(=O)CCCCCCCCCCC)NS(=O)(=O)CCCCCCCCCCCC.[H-].[H-].[Na+].[Na+]. The van der Waals surface area contributed by atoms with Gasteiger partial charge in [-0.15, -0.1) is 0 Å². The number of carbonyl (C=O) groups is 3. The molecule has 0 heterocycles. The van der Waals surface area contributed by atoms with Gasteiger partial charge in [0, 0.05) is 38.8 Å². The normalized spacial score (nSPS) is 14.1. The Morgan fingerprint density at radius 2 is 0.583 bits per heavy atom. The minimum Gasteiger partial charge on any atom is -1.00 e. The summed E-state index contributed by atoms with van der Waals surface area (Å²) in [7, 11) is -17.4. The molecule has 0 bridgehead atoms. The Morgan fingerprint density at radius 1 is 0.333 bits per heavy atom. The summed E-state index contributed by atoms with van der Waals surface area (Å²) in [5, 5.41) is 4.88. The molecule has 0 aliphatic rings. The first-order valence-electron chi connectivity index (χ1n) is 42.9. The summed E-state index contributed by atoms with van der Waals surface area (Å²) in [4.78, 5) is 60.2. The van der Waals surface area contributed by atoms with Crippen molar-refractivity contribution in [2.75, 3.05) is 77.5 Å². The maximum Gasteiger partial charge on any atom is 1.00 e. The zero-order valence-corrected chi connectivity index (χ0v) is 77.4. The second-order valence-electron chi connectivity index (χ2n) is 29.5. The number of rotatable bonds is 84. The molecule has 2 amide bonds. The van der Waals surface area contributed by atoms with Crippen LogP contribution in [-0.2, 0) is 75.8 Å². The predicted molar refractivity (Wildman–Crippen MR) is 433 cm³/mol. The predicted octanol–water partition coefficient (Wildman–Crippen LogP) is 14.4. The zero-order valence-electron chi connectivity index (χ0n) is 72.0. The molecule has 636 valence electrons. The van der Waals surface area contributed by atoms with E-state index in [0.29, 0.717) is 51.4 Å². The van der Waals surface area contributed by atoms with Crippen LogP contribution >= 0.6 is 15.6 Å². The molecule has 0 aromatic carbocycles. The average Bonchev–Trinajstić information content (AvgIpc) is 0.875. The fraction of sp³-hybridized carbons (Fsp3) is 0.962. The van der Waals surface area contributed by atoms with Crippen molar-refractivity contribution in [2.24, 2.45) is 0 Å². The second-order valence-corrected chi connectivity index (χ2v) is 36.2. The third-order valence-corrected chi connectivity index (χ3v) is 24.0. The molecule has 0 rings (SSSR count). The van der Waals surface area contributed by atoms with Crippen molar-refractivity contribution < 1.29 is 149 Å². The third-order valence-electron chi connectivity index (χ3n) is 19.0. The summed E-state index contributed by atoms with van der Waals surface area (Å²) in [6.45, 7) is 10.2. The zero-order chi connectivity index (χ0) is 78.2. The number of urea groups is 1. The van der Waals surface area contributed by atoms with E-state index in [2.05, 4.69) is 61.6 Å². The first-order valence-corrected chi connectivity index (χ1v) is 49.2. The summed E-state index contributed by atoms with van der Waals surface area (Å²) >= 11 is 0. The maximum absolute atomic E-state index is 13.4. The van der Waals surface area contributed by atoms with Gasteiger partial charge in [-0.2, -0.15) is 0 Å². The second kappa shape index (κ2) is 79.6. The minimum atomic E-state index is -4.82. The topological polar surface area (TPSA) is 316 Å². The number of sulfonamides is 2. The number of amides is 2. The van der Waals surface area contributed by atoms with E-state index >= 15 is 0 Å². The van der Waals surface area contributed by atoms with Gasteiger partial charge in [0.2, 0.25) is 20.0 Å². The van der Waals surface area contributed by atoms with Crippen LogP contribution in [0, 0.1) is 0 Å². The van der Waals surface area contributed by atoms with Crippen LogP contribution in [0.15, 0.2) is 0 Å². The van der Waals surface area contributed by atoms with E-state index in [1.807, 2.05) is 0 Å². The molecule has 6 N–H and O–H groups in total. The molecule has 6 atom stereocenters. The van der Waals surface area contributed by atoms with Crippen molar-refractivity contribution in [3.8, 4) is 0 Å². The molecule has 0 fully saturated rings. The molecule has 108 heavy (non-hydrogen) atoms. The van der Waals surface area contributed by atoms with Gasteiger partial charge < -0.3 is 42.2 Å². The van der Waals surface area contributed by atoms with Crippen molar-refractivity contribution in [1.29, 1.82) is 0 Å². The number of phosphoric acid groups is 2. The van der Waals surface area contributed by atoms with Crippen molar-refractivity contribution in [2.45, 2.75) is 413 Å². The molecule has 0 saturated carbocycles. The van der Waals surface area contributed by atoms with Gasteiger partial charge in [0.15, 0.2) is 0 Å². The van der Waals surface area contributed by atoms with Crippen molar-refractivity contribution in [3.63, 3.8) is 0 Å². The van der Waals surface area contributed by atoms with Crippen LogP contribution in [0.25, 0.3) is 0 Å². The van der Waals surface area contributed by atoms with E-state index in [0.717, 1.165) is 154 Å². The summed E-state index contributed by atoms with van der Waals surface area (Å²) in [5.41, 5.74) is 0. The van der Waals surface area contributed by atoms with E-state index in [4.69, 9.17) is 37.0 Å². The average molecular weight is 1640 g/mol. The molecule has 0 aliphatic carbocycles. The first-order chi connectivity index (χ1) is 51.2. The number of carbonyl (C=O) groups excluding carboxylic acids is 3. The van der Waals surface area contributed by atoms with Gasteiger partial charge in [-0.1, -0.05) is 311 Å². The van der Waals surface area contributed by atoms with Crippen LogP contribution in [0.4, 0.5) is 4.79 Å². The van der Waals surface area contributed by atoms with Crippen LogP contribution in [-0.4, -0.2) is 146 Å². The maximum atomic E-state index is 13.4. The third kappa shape index (κ3) is 78.7. The van der Waals surface area contributed by atoms with Gasteiger partial charge in [0.25, 0.3) is 0 Å². The molecule has 0 aromatic rings. The monoisotopic (exact) mass is 1640 g/mol. The Labute approximate surface area is 707 Å². The van der Waals surface area contributed by atoms with Gasteiger partial charge in [0.1, 0.15) is 12.2 Å². The molecule has 23 nitrogen and oxygen atoms in total. The van der Waals surface area contributed by atoms with Crippen LogP contribution in [0.1, 0.15) is 391 Å². The molecule has 0 aliphatic heterocycles. The largest absolute Gasteiger partial charge is 1.00 e. The number of ether oxygens (including phenoxy) is 4. The van der Waals surface area contributed by atoms with Gasteiger partial charge in [-0.05, 0) is 51.4 Å². The van der Waals surface area contributed by atoms with Crippen molar-refractivity contribution in [1.82, 2.24) is 20.1 Å².